The van der Waals surface area contributed by atoms with Crippen molar-refractivity contribution in [1.29, 1.82) is 0 Å². The maximum absolute atomic E-state index is 13.1. The van der Waals surface area contributed by atoms with Crippen molar-refractivity contribution in [3.63, 3.8) is 0 Å². The molecule has 1 heterocycles. The normalized spacial score (nSPS) is 13.3. The number of para-hydroxylation sites is 2. The summed E-state index contributed by atoms with van der Waals surface area (Å²) in [4.78, 5) is 17.6. The average Bonchev–Trinajstić information content (AvgIpc) is 3.05. The van der Waals surface area contributed by atoms with Gasteiger partial charge in [-0.1, -0.05) is 60.7 Å². The molecular formula is C38H36N2O3. The van der Waals surface area contributed by atoms with E-state index >= 15 is 0 Å². The molecule has 5 nitrogen and oxygen atoms in total. The fourth-order valence-corrected chi connectivity index (χ4v) is 6.12. The van der Waals surface area contributed by atoms with E-state index in [1.807, 2.05) is 36.4 Å². The first-order valence-corrected chi connectivity index (χ1v) is 14.8. The third kappa shape index (κ3) is 5.23. The molecule has 0 aromatic heterocycles. The van der Waals surface area contributed by atoms with Gasteiger partial charge in [0.25, 0.3) is 0 Å². The van der Waals surface area contributed by atoms with Crippen molar-refractivity contribution in [3.05, 3.63) is 143 Å². The standard InChI is InChI=1S/C38H36N2O3/c1-5-39(6-2)29-21-22-32-36(24-29)43-35-23-26(3)34(40(27-15-9-7-10-16-27)28-17-11-8-12-18-28)25-33(35)37(32)30-19-13-14-20-31(30)38(41)42-4/h7-25,37H,5-6H2,1-4H3. The molecule has 0 spiro atoms. The van der Waals surface area contributed by atoms with Gasteiger partial charge in [0.15, 0.2) is 0 Å². The molecule has 216 valence electrons. The Hall–Kier alpha value is -5.03. The van der Waals surface area contributed by atoms with Crippen LogP contribution < -0.4 is 14.5 Å². The highest BCUT2D eigenvalue weighted by molar-refractivity contribution is 5.92. The first-order valence-electron chi connectivity index (χ1n) is 14.8. The van der Waals surface area contributed by atoms with Crippen LogP contribution in [0.3, 0.4) is 0 Å². The lowest BCUT2D eigenvalue weighted by atomic mass is 9.80. The number of methoxy groups -OCH3 is 1. The number of anilines is 4. The Labute approximate surface area is 253 Å². The van der Waals surface area contributed by atoms with Gasteiger partial charge in [0, 0.05) is 59.0 Å². The largest absolute Gasteiger partial charge is 0.465 e. The number of hydrogen-bond donors (Lipinski definition) is 0. The summed E-state index contributed by atoms with van der Waals surface area (Å²) in [6, 6.07) is 39.3. The summed E-state index contributed by atoms with van der Waals surface area (Å²) in [5.74, 6) is 0.993. The predicted molar refractivity (Wildman–Crippen MR) is 175 cm³/mol. The Morgan fingerprint density at radius 3 is 1.93 bits per heavy atom. The molecule has 0 radical (unpaired) electrons. The van der Waals surface area contributed by atoms with Gasteiger partial charge < -0.3 is 19.3 Å². The highest BCUT2D eigenvalue weighted by Gasteiger charge is 2.33. The van der Waals surface area contributed by atoms with Crippen molar-refractivity contribution in [2.24, 2.45) is 0 Å². The zero-order valence-corrected chi connectivity index (χ0v) is 25.1. The quantitative estimate of drug-likeness (QED) is 0.171. The van der Waals surface area contributed by atoms with Gasteiger partial charge in [-0.2, -0.15) is 0 Å². The van der Waals surface area contributed by atoms with E-state index in [9.17, 15) is 4.79 Å². The minimum absolute atomic E-state index is 0.243. The number of nitrogens with zero attached hydrogens (tertiary/aromatic N) is 2. The Bertz CT molecular complexity index is 1710. The number of carbonyl (C=O) groups is 1. The van der Waals surface area contributed by atoms with Crippen molar-refractivity contribution in [2.45, 2.75) is 26.7 Å². The Morgan fingerprint density at radius 2 is 1.30 bits per heavy atom. The topological polar surface area (TPSA) is 42.0 Å². The van der Waals surface area contributed by atoms with E-state index in [0.717, 1.165) is 69.6 Å². The molecule has 1 aliphatic heterocycles. The van der Waals surface area contributed by atoms with Crippen LogP contribution in [-0.2, 0) is 4.74 Å². The number of rotatable bonds is 8. The Kier molecular flexibility index (Phi) is 7.89. The predicted octanol–water partition coefficient (Wildman–Crippen LogP) is 9.38. The second kappa shape index (κ2) is 12.1. The number of carbonyl (C=O) groups excluding carboxylic acids is 1. The van der Waals surface area contributed by atoms with E-state index < -0.39 is 0 Å². The number of esters is 1. The van der Waals surface area contributed by atoms with Gasteiger partial charge in [-0.25, -0.2) is 4.79 Å². The van der Waals surface area contributed by atoms with Gasteiger partial charge in [-0.15, -0.1) is 0 Å². The molecular weight excluding hydrogens is 532 g/mol. The first kappa shape index (κ1) is 28.1. The fraction of sp³-hybridized carbons (Fsp3) is 0.184. The molecule has 0 saturated carbocycles. The second-order valence-corrected chi connectivity index (χ2v) is 10.7. The molecule has 1 aliphatic rings. The molecule has 43 heavy (non-hydrogen) atoms. The summed E-state index contributed by atoms with van der Waals surface area (Å²) >= 11 is 0. The van der Waals surface area contributed by atoms with Crippen LogP contribution in [0.25, 0.3) is 0 Å². The molecule has 0 bridgehead atoms. The molecule has 1 atom stereocenters. The van der Waals surface area contributed by atoms with E-state index in [-0.39, 0.29) is 11.9 Å². The highest BCUT2D eigenvalue weighted by atomic mass is 16.5. The number of aryl methyl sites for hydroxylation is 1. The van der Waals surface area contributed by atoms with Gasteiger partial charge in [0.2, 0.25) is 0 Å². The van der Waals surface area contributed by atoms with Crippen LogP contribution in [0.1, 0.15) is 52.4 Å². The molecule has 6 rings (SSSR count). The van der Waals surface area contributed by atoms with Gasteiger partial charge in [-0.05, 0) is 80.4 Å². The summed E-state index contributed by atoms with van der Waals surface area (Å²) in [5, 5.41) is 0. The van der Waals surface area contributed by atoms with Crippen LogP contribution in [-0.4, -0.2) is 26.2 Å². The molecule has 0 N–H and O–H groups in total. The Morgan fingerprint density at radius 1 is 0.698 bits per heavy atom. The summed E-state index contributed by atoms with van der Waals surface area (Å²) in [6.07, 6.45) is 0. The summed E-state index contributed by atoms with van der Waals surface area (Å²) in [5.41, 5.74) is 8.80. The van der Waals surface area contributed by atoms with Crippen molar-refractivity contribution in [2.75, 3.05) is 30.0 Å². The molecule has 1 unspecified atom stereocenters. The summed E-state index contributed by atoms with van der Waals surface area (Å²) < 4.78 is 11.9. The van der Waals surface area contributed by atoms with Crippen LogP contribution >= 0.6 is 0 Å². The van der Waals surface area contributed by atoms with Crippen LogP contribution in [0.2, 0.25) is 0 Å². The molecule has 5 aromatic carbocycles. The van der Waals surface area contributed by atoms with Crippen molar-refractivity contribution < 1.29 is 14.3 Å². The summed E-state index contributed by atoms with van der Waals surface area (Å²) in [7, 11) is 1.43. The van der Waals surface area contributed by atoms with Crippen LogP contribution in [0.4, 0.5) is 22.7 Å². The highest BCUT2D eigenvalue weighted by Crippen LogP contribution is 2.51. The average molecular weight is 569 g/mol. The fourth-order valence-electron chi connectivity index (χ4n) is 6.12. The molecule has 0 saturated heterocycles. The van der Waals surface area contributed by atoms with E-state index in [1.54, 1.807) is 0 Å². The Balaban J connectivity index is 1.60. The lowest BCUT2D eigenvalue weighted by Gasteiger charge is -2.34. The number of benzene rings is 5. The number of hydrogen-bond acceptors (Lipinski definition) is 5. The van der Waals surface area contributed by atoms with E-state index in [0.29, 0.717) is 5.56 Å². The number of ether oxygens (including phenoxy) is 2. The van der Waals surface area contributed by atoms with Crippen LogP contribution in [0, 0.1) is 6.92 Å². The lowest BCUT2D eigenvalue weighted by Crippen LogP contribution is -2.22. The minimum Gasteiger partial charge on any atom is -0.465 e. The number of fused-ring (bicyclic) bond motifs is 2. The van der Waals surface area contributed by atoms with Crippen molar-refractivity contribution >= 4 is 28.7 Å². The zero-order chi connectivity index (χ0) is 29.9. The maximum atomic E-state index is 13.1. The van der Waals surface area contributed by atoms with Gasteiger partial charge in [0.05, 0.1) is 12.7 Å². The minimum atomic E-state index is -0.354. The van der Waals surface area contributed by atoms with Gasteiger partial charge >= 0.3 is 5.97 Å². The maximum Gasteiger partial charge on any atom is 0.338 e. The zero-order valence-electron chi connectivity index (χ0n) is 25.1. The monoisotopic (exact) mass is 568 g/mol. The third-order valence-corrected chi connectivity index (χ3v) is 8.24. The molecule has 0 fully saturated rings. The summed E-state index contributed by atoms with van der Waals surface area (Å²) in [6.45, 7) is 8.24. The smallest absolute Gasteiger partial charge is 0.338 e. The van der Waals surface area contributed by atoms with Gasteiger partial charge in [-0.3, -0.25) is 0 Å². The second-order valence-electron chi connectivity index (χ2n) is 10.7. The lowest BCUT2D eigenvalue weighted by molar-refractivity contribution is 0.0599. The van der Waals surface area contributed by atoms with Crippen molar-refractivity contribution in [1.82, 2.24) is 0 Å². The molecule has 5 heteroatoms. The van der Waals surface area contributed by atoms with Crippen LogP contribution in [0.5, 0.6) is 11.5 Å². The first-order chi connectivity index (χ1) is 21.0. The van der Waals surface area contributed by atoms with Crippen molar-refractivity contribution in [3.8, 4) is 11.5 Å². The molecule has 5 aromatic rings. The van der Waals surface area contributed by atoms with Gasteiger partial charge in [0.1, 0.15) is 11.5 Å². The van der Waals surface area contributed by atoms with E-state index in [1.165, 1.54) is 7.11 Å². The SMILES string of the molecule is CCN(CC)c1ccc2c(c1)Oc1cc(C)c(N(c3ccccc3)c3ccccc3)cc1C2c1ccccc1C(=O)OC. The van der Waals surface area contributed by atoms with E-state index in [2.05, 4.69) is 109 Å². The van der Waals surface area contributed by atoms with E-state index in [4.69, 9.17) is 9.47 Å². The third-order valence-electron chi connectivity index (χ3n) is 8.24. The van der Waals surface area contributed by atoms with Crippen LogP contribution in [0.15, 0.2) is 115 Å². The molecule has 0 amide bonds. The molecule has 0 aliphatic carbocycles.